The Hall–Kier alpha value is -7.78. The fraction of sp³-hybridized carbons (Fsp3) is 0.469. The molecule has 0 unspecified atom stereocenters. The molecule has 0 amide bonds. The van der Waals surface area contributed by atoms with E-state index in [4.69, 9.17) is 0 Å². The molecule has 0 saturated carbocycles. The molecule has 392 valence electrons. The lowest BCUT2D eigenvalue weighted by molar-refractivity contribution is 0.767. The standard InChI is InChI=1S/3C5H6N2.C4H6N4.4C4H5N3.7C2H6/c1-5-4-6-2-3-7-5;1-5-2-3-6-7-4-5;1-5-3-2-4-6-7-5;1-3-5-7-4(2)8-6-3;1-4-6-2-5-3-7-4;1-4-2-6-7-3-5-4;1-4-2-5-3-6-7-4;1-4-5-2-3-6-7-4;7*1-2/h3*2-4H,1H3;1-2H3;4*2-3H,1H3;7*1-2H3. The first-order chi connectivity index (χ1) is 34.5. The van der Waals surface area contributed by atoms with Crippen LogP contribution in [0.4, 0.5) is 0 Å². The van der Waals surface area contributed by atoms with Crippen LogP contribution in [0.1, 0.15) is 149 Å². The molecule has 8 rings (SSSR count). The first-order valence-corrected chi connectivity index (χ1v) is 23.6. The number of nitrogens with zero attached hydrogens (tertiary/aromatic N) is 22. The van der Waals surface area contributed by atoms with Crippen LogP contribution in [-0.2, 0) is 0 Å². The van der Waals surface area contributed by atoms with Crippen LogP contribution < -0.4 is 0 Å². The average Bonchev–Trinajstić information content (AvgIpc) is 3.44. The van der Waals surface area contributed by atoms with Gasteiger partial charge in [0, 0.05) is 37.2 Å². The van der Waals surface area contributed by atoms with Gasteiger partial charge in [-0.3, -0.25) is 9.97 Å². The van der Waals surface area contributed by atoms with Gasteiger partial charge in [0.25, 0.3) is 0 Å². The number of aromatic nitrogens is 22. The quantitative estimate of drug-likeness (QED) is 0.136. The first kappa shape index (κ1) is 77.4. The Morgan fingerprint density at radius 3 is 0.986 bits per heavy atom. The van der Waals surface area contributed by atoms with Gasteiger partial charge in [0.15, 0.2) is 11.6 Å². The van der Waals surface area contributed by atoms with Crippen molar-refractivity contribution in [3.8, 4) is 0 Å². The minimum atomic E-state index is 0.607. The molecule has 0 aromatic carbocycles. The fourth-order valence-electron chi connectivity index (χ4n) is 2.66. The van der Waals surface area contributed by atoms with Gasteiger partial charge in [0.2, 0.25) is 0 Å². The summed E-state index contributed by atoms with van der Waals surface area (Å²) < 4.78 is 0. The molecule has 0 spiro atoms. The zero-order valence-corrected chi connectivity index (χ0v) is 47.2. The van der Waals surface area contributed by atoms with Gasteiger partial charge >= 0.3 is 0 Å². The van der Waals surface area contributed by atoms with Crippen LogP contribution in [-0.4, -0.2) is 111 Å². The maximum atomic E-state index is 3.92. The van der Waals surface area contributed by atoms with Gasteiger partial charge in [-0.1, -0.05) is 96.9 Å². The van der Waals surface area contributed by atoms with Crippen molar-refractivity contribution in [3.63, 3.8) is 0 Å². The number of aryl methyl sites for hydroxylation is 9. The highest BCUT2D eigenvalue weighted by Gasteiger charge is 1.86. The average molecular weight is 983 g/mol. The first-order valence-electron chi connectivity index (χ1n) is 23.6. The van der Waals surface area contributed by atoms with Crippen LogP contribution in [0.3, 0.4) is 0 Å². The van der Waals surface area contributed by atoms with E-state index in [0.717, 1.165) is 34.2 Å². The lowest BCUT2D eigenvalue weighted by Gasteiger charge is -1.85. The summed E-state index contributed by atoms with van der Waals surface area (Å²) in [5.74, 6) is 2.68. The van der Waals surface area contributed by atoms with Gasteiger partial charge < -0.3 is 0 Å². The summed E-state index contributed by atoms with van der Waals surface area (Å²) in [5.41, 5.74) is 4.82. The molecule has 8 heterocycles. The van der Waals surface area contributed by atoms with Crippen molar-refractivity contribution in [2.75, 3.05) is 0 Å². The van der Waals surface area contributed by atoms with E-state index < -0.39 is 0 Å². The molecule has 71 heavy (non-hydrogen) atoms. The molecule has 0 atom stereocenters. The molecule has 22 nitrogen and oxygen atoms in total. The highest BCUT2D eigenvalue weighted by atomic mass is 15.3. The van der Waals surface area contributed by atoms with Crippen LogP contribution in [0.15, 0.2) is 105 Å². The molecule has 0 aliphatic rings. The maximum Gasteiger partial charge on any atom is 0.170 e. The van der Waals surface area contributed by atoms with Crippen molar-refractivity contribution < 1.29 is 0 Å². The molecule has 8 aromatic rings. The predicted molar refractivity (Wildman–Crippen MR) is 285 cm³/mol. The third kappa shape index (κ3) is 66.6. The molecule has 0 saturated heterocycles. The van der Waals surface area contributed by atoms with E-state index in [1.165, 1.54) is 25.3 Å². The van der Waals surface area contributed by atoms with Gasteiger partial charge in [-0.2, -0.15) is 35.7 Å². The Balaban J connectivity index is -0.000000127. The van der Waals surface area contributed by atoms with Crippen LogP contribution in [0.5, 0.6) is 0 Å². The second-order valence-electron chi connectivity index (χ2n) is 10.5. The van der Waals surface area contributed by atoms with Gasteiger partial charge in [-0.15, -0.1) is 35.7 Å². The Morgan fingerprint density at radius 1 is 0.254 bits per heavy atom. The molecule has 0 aliphatic heterocycles. The highest BCUT2D eigenvalue weighted by molar-refractivity contribution is 5.00. The van der Waals surface area contributed by atoms with E-state index in [1.54, 1.807) is 82.7 Å². The van der Waals surface area contributed by atoms with E-state index in [-0.39, 0.29) is 0 Å². The molecule has 8 aromatic heterocycles. The van der Waals surface area contributed by atoms with Gasteiger partial charge in [0.05, 0.1) is 47.6 Å². The summed E-state index contributed by atoms with van der Waals surface area (Å²) in [7, 11) is 0. The van der Waals surface area contributed by atoms with E-state index in [9.17, 15) is 0 Å². The minimum Gasteiger partial charge on any atom is -0.261 e. The van der Waals surface area contributed by atoms with Gasteiger partial charge in [-0.25, -0.2) is 29.9 Å². The molecular weight excluding hydrogens is 897 g/mol. The van der Waals surface area contributed by atoms with Crippen molar-refractivity contribution in [2.45, 2.75) is 159 Å². The summed E-state index contributed by atoms with van der Waals surface area (Å²) in [6, 6.07) is 5.68. The summed E-state index contributed by atoms with van der Waals surface area (Å²) in [6.07, 6.45) is 22.3. The number of rotatable bonds is 0. The Kier molecular flexibility index (Phi) is 75.0. The molecule has 0 bridgehead atoms. The van der Waals surface area contributed by atoms with E-state index in [2.05, 4.69) is 111 Å². The van der Waals surface area contributed by atoms with Crippen LogP contribution in [0.25, 0.3) is 0 Å². The third-order valence-corrected chi connectivity index (χ3v) is 5.25. The summed E-state index contributed by atoms with van der Waals surface area (Å²) in [4.78, 5) is 30.2. The monoisotopic (exact) mass is 983 g/mol. The summed E-state index contributed by atoms with van der Waals surface area (Å²) in [6.45, 7) is 44.6. The lowest BCUT2D eigenvalue weighted by atomic mass is 10.4. The Bertz CT molecular complexity index is 1660. The zero-order valence-electron chi connectivity index (χ0n) is 47.2. The van der Waals surface area contributed by atoms with E-state index in [1.807, 2.05) is 157 Å². The second-order valence-corrected chi connectivity index (χ2v) is 10.5. The van der Waals surface area contributed by atoms with Crippen LogP contribution in [0.2, 0.25) is 0 Å². The van der Waals surface area contributed by atoms with Crippen LogP contribution in [0, 0.1) is 62.3 Å². The van der Waals surface area contributed by atoms with Crippen molar-refractivity contribution in [1.82, 2.24) is 111 Å². The summed E-state index contributed by atoms with van der Waals surface area (Å²) in [5, 5.41) is 50.6. The van der Waals surface area contributed by atoms with E-state index in [0.29, 0.717) is 17.5 Å². The van der Waals surface area contributed by atoms with Crippen molar-refractivity contribution >= 4 is 0 Å². The second kappa shape index (κ2) is 68.8. The third-order valence-electron chi connectivity index (χ3n) is 5.25. The Labute approximate surface area is 426 Å². The van der Waals surface area contributed by atoms with Crippen molar-refractivity contribution in [1.29, 1.82) is 0 Å². The smallest absolute Gasteiger partial charge is 0.170 e. The van der Waals surface area contributed by atoms with Crippen molar-refractivity contribution in [2.24, 2.45) is 0 Å². The number of hydrogen-bond acceptors (Lipinski definition) is 22. The predicted octanol–water partition coefficient (Wildman–Crippen LogP) is 10.1. The van der Waals surface area contributed by atoms with Gasteiger partial charge in [-0.05, 0) is 86.1 Å². The topological polar surface area (TPSA) is 284 Å². The molecule has 0 N–H and O–H groups in total. The largest absolute Gasteiger partial charge is 0.261 e. The minimum absolute atomic E-state index is 0.607. The zero-order chi connectivity index (χ0) is 55.8. The molecule has 22 heteroatoms. The normalized spacial score (nSPS) is 7.65. The van der Waals surface area contributed by atoms with E-state index >= 15 is 0 Å². The SMILES string of the molecule is CC.CC.CC.CC.CC.CC.CC.Cc1cccnn1.Cc1ccnnc1.Cc1cnccn1.Cc1cncnn1.Cc1cnncn1.Cc1nccnn1.Cc1ncncn1.Cc1nnc(C)nn1. The maximum absolute atomic E-state index is 3.92. The highest BCUT2D eigenvalue weighted by Crippen LogP contribution is 1.86. The van der Waals surface area contributed by atoms with Gasteiger partial charge in [0.1, 0.15) is 37.0 Å². The van der Waals surface area contributed by atoms with Crippen molar-refractivity contribution in [3.05, 3.63) is 157 Å². The van der Waals surface area contributed by atoms with Crippen LogP contribution >= 0.6 is 0 Å². The Morgan fingerprint density at radius 2 is 0.761 bits per heavy atom. The molecule has 0 aliphatic carbocycles. The lowest BCUT2D eigenvalue weighted by Crippen LogP contribution is -1.97. The fourth-order valence-corrected chi connectivity index (χ4v) is 2.66. The number of hydrogen-bond donors (Lipinski definition) is 0. The molecular formula is C49H86N22. The summed E-state index contributed by atoms with van der Waals surface area (Å²) >= 11 is 0. The molecule has 0 fully saturated rings. The molecule has 0 radical (unpaired) electrons.